The van der Waals surface area contributed by atoms with Crippen LogP contribution in [0.4, 0.5) is 0 Å². The molecule has 14 aromatic rings. The van der Waals surface area contributed by atoms with Crippen molar-refractivity contribution in [2.75, 3.05) is 0 Å². The van der Waals surface area contributed by atoms with Gasteiger partial charge in [0.15, 0.2) is 0 Å². The van der Waals surface area contributed by atoms with Gasteiger partial charge >= 0.3 is 0 Å². The van der Waals surface area contributed by atoms with Crippen molar-refractivity contribution < 1.29 is 0 Å². The van der Waals surface area contributed by atoms with E-state index in [4.69, 9.17) is 10.2 Å². The molecule has 70 heavy (non-hydrogen) atoms. The van der Waals surface area contributed by atoms with Crippen LogP contribution in [0, 0.1) is 0 Å². The van der Waals surface area contributed by atoms with Crippen LogP contribution in [-0.2, 0) is 0 Å². The Morgan fingerprint density at radius 2 is 0.643 bits per heavy atom. The van der Waals surface area contributed by atoms with Gasteiger partial charge in [-0.05, 0) is 80.3 Å². The molecule has 0 saturated heterocycles. The molecule has 0 atom stereocenters. The van der Waals surface area contributed by atoms with Crippen LogP contribution in [0.3, 0.4) is 0 Å². The Labute approximate surface area is 401 Å². The molecule has 0 N–H and O–H groups in total. The van der Waals surface area contributed by atoms with Crippen molar-refractivity contribution in [1.29, 1.82) is 0 Å². The molecule has 6 nitrogen and oxygen atoms in total. The normalized spacial score (nSPS) is 13.4. The van der Waals surface area contributed by atoms with Crippen LogP contribution in [0.5, 0.6) is 0 Å². The van der Waals surface area contributed by atoms with Crippen LogP contribution in [0.15, 0.2) is 206 Å². The van der Waals surface area contributed by atoms with E-state index in [1.807, 2.05) is 0 Å². The Morgan fingerprint density at radius 3 is 1.09 bits per heavy atom. The number of para-hydroxylation sites is 6. The fraction of sp³-hybridized carbons (Fsp3) is 0. The highest BCUT2D eigenvalue weighted by Gasteiger charge is 2.44. The highest BCUT2D eigenvalue weighted by Crippen LogP contribution is 2.43. The maximum atomic E-state index is 5.63. The van der Waals surface area contributed by atoms with Gasteiger partial charge in [0.2, 0.25) is 0 Å². The van der Waals surface area contributed by atoms with E-state index >= 15 is 0 Å². The van der Waals surface area contributed by atoms with E-state index in [-0.39, 0.29) is 13.4 Å². The molecule has 8 heteroatoms. The van der Waals surface area contributed by atoms with Gasteiger partial charge in [-0.1, -0.05) is 170 Å². The zero-order chi connectivity index (χ0) is 45.1. The van der Waals surface area contributed by atoms with E-state index in [0.29, 0.717) is 0 Å². The van der Waals surface area contributed by atoms with Crippen LogP contribution in [0.1, 0.15) is 0 Å². The molecule has 18 rings (SSSR count). The van der Waals surface area contributed by atoms with E-state index in [0.717, 1.165) is 45.0 Å². The molecule has 0 spiro atoms. The third-order valence-electron chi connectivity index (χ3n) is 16.4. The largest absolute Gasteiger partial charge is 0.310 e. The first-order chi connectivity index (χ1) is 34.8. The lowest BCUT2D eigenvalue weighted by Crippen LogP contribution is -2.59. The standard InChI is InChI=1S/C62H34B2N6/c1-3-15-35(16-4-1)57-43-23-13-27-47-61(43)69(65-57)53-33-37(31-51-55(53)63(47)45-25-11-21-41-39-19-7-9-29-49(39)67(51)59(41)45)38-32-52-56-54(34-38)70-62-44(58(66-70)36-17-5-2-6-18-36)24-14-28-48(62)64(56)46-26-12-22-42-40-20-8-10-30-50(40)68(52)60(42)46/h1-34H. The molecule has 8 heterocycles. The minimum atomic E-state index is 0.0165. The topological polar surface area (TPSA) is 45.5 Å². The smallest absolute Gasteiger partial charge is 0.252 e. The highest BCUT2D eigenvalue weighted by atomic mass is 15.3. The van der Waals surface area contributed by atoms with Gasteiger partial charge in [0.05, 0.1) is 33.4 Å². The molecule has 10 aromatic carbocycles. The Balaban J connectivity index is 1.00. The molecule has 0 radical (unpaired) electrons. The van der Waals surface area contributed by atoms with Crippen LogP contribution >= 0.6 is 0 Å². The molecule has 4 aliphatic rings. The fourth-order valence-electron chi connectivity index (χ4n) is 13.7. The summed E-state index contributed by atoms with van der Waals surface area (Å²) in [6.45, 7) is 0.0330. The highest BCUT2D eigenvalue weighted by molar-refractivity contribution is 7.01. The molecule has 4 aliphatic heterocycles. The monoisotopic (exact) mass is 884 g/mol. The number of nitrogens with zero attached hydrogens (tertiary/aromatic N) is 6. The summed E-state index contributed by atoms with van der Waals surface area (Å²) in [7, 11) is 0. The molecule has 0 saturated carbocycles. The first kappa shape index (κ1) is 36.0. The van der Waals surface area contributed by atoms with E-state index < -0.39 is 0 Å². The lowest BCUT2D eigenvalue weighted by Gasteiger charge is -2.34. The molecule has 4 aromatic heterocycles. The average Bonchev–Trinajstić information content (AvgIpc) is 4.20. The van der Waals surface area contributed by atoms with Crippen LogP contribution in [-0.4, -0.2) is 42.1 Å². The van der Waals surface area contributed by atoms with Crippen LogP contribution < -0.4 is 32.8 Å². The number of fused-ring (bicyclic) bond motifs is 14. The molecule has 318 valence electrons. The van der Waals surface area contributed by atoms with Crippen molar-refractivity contribution >= 4 is 112 Å². The second-order valence-electron chi connectivity index (χ2n) is 19.7. The van der Waals surface area contributed by atoms with Gasteiger partial charge in [0.25, 0.3) is 13.4 Å². The maximum Gasteiger partial charge on any atom is 0.252 e. The van der Waals surface area contributed by atoms with E-state index in [9.17, 15) is 0 Å². The summed E-state index contributed by atoms with van der Waals surface area (Å²) >= 11 is 0. The third-order valence-corrected chi connectivity index (χ3v) is 16.4. The van der Waals surface area contributed by atoms with Crippen molar-refractivity contribution in [3.05, 3.63) is 206 Å². The quantitative estimate of drug-likeness (QED) is 0.166. The minimum Gasteiger partial charge on any atom is -0.310 e. The summed E-state index contributed by atoms with van der Waals surface area (Å²) in [5.41, 5.74) is 26.3. The predicted molar refractivity (Wildman–Crippen MR) is 290 cm³/mol. The zero-order valence-electron chi connectivity index (χ0n) is 37.5. The Kier molecular flexibility index (Phi) is 6.42. The molecular weight excluding hydrogens is 850 g/mol. The van der Waals surface area contributed by atoms with Gasteiger partial charge in [-0.25, -0.2) is 9.36 Å². The van der Waals surface area contributed by atoms with Gasteiger partial charge in [-0.15, -0.1) is 0 Å². The number of rotatable bonds is 3. The van der Waals surface area contributed by atoms with Gasteiger partial charge in [0, 0.05) is 65.9 Å². The summed E-state index contributed by atoms with van der Waals surface area (Å²) in [6, 6.07) is 76.7. The molecule has 0 bridgehead atoms. The SMILES string of the molecule is c1ccc(-c2nn3c4c(cccc24)B2c4c-3cc(-c3cc5c6c(c3)-n3c7ccccc7c7cccc(c73)B6c3cccc6c(-c7ccccc7)nn-5c36)cc4-n3c4ccccc4c4cccc2c43)cc1. The van der Waals surface area contributed by atoms with Gasteiger partial charge < -0.3 is 9.13 Å². The fourth-order valence-corrected chi connectivity index (χ4v) is 13.7. The van der Waals surface area contributed by atoms with Crippen LogP contribution in [0.25, 0.3) is 122 Å². The summed E-state index contributed by atoms with van der Waals surface area (Å²) in [5.74, 6) is 0. The van der Waals surface area contributed by atoms with E-state index in [1.54, 1.807) is 0 Å². The summed E-state index contributed by atoms with van der Waals surface area (Å²) in [6.07, 6.45) is 0. The number of hydrogen-bond donors (Lipinski definition) is 0. The number of hydrogen-bond acceptors (Lipinski definition) is 2. The maximum absolute atomic E-state index is 5.63. The van der Waals surface area contributed by atoms with Crippen molar-refractivity contribution in [2.24, 2.45) is 0 Å². The van der Waals surface area contributed by atoms with E-state index in [1.165, 1.54) is 110 Å². The average molecular weight is 885 g/mol. The molecular formula is C62H34B2N6. The number of benzene rings is 10. The van der Waals surface area contributed by atoms with Crippen molar-refractivity contribution in [3.63, 3.8) is 0 Å². The number of aromatic nitrogens is 6. The van der Waals surface area contributed by atoms with Gasteiger partial charge in [-0.3, -0.25) is 0 Å². The van der Waals surface area contributed by atoms with Gasteiger partial charge in [0.1, 0.15) is 11.4 Å². The van der Waals surface area contributed by atoms with Crippen LogP contribution in [0.2, 0.25) is 0 Å². The summed E-state index contributed by atoms with van der Waals surface area (Å²) in [5, 5.41) is 18.7. The Bertz CT molecular complexity index is 4430. The minimum absolute atomic E-state index is 0.0165. The van der Waals surface area contributed by atoms with E-state index in [2.05, 4.69) is 225 Å². The first-order valence-corrected chi connectivity index (χ1v) is 24.3. The van der Waals surface area contributed by atoms with Gasteiger partial charge in [-0.2, -0.15) is 10.2 Å². The predicted octanol–water partition coefficient (Wildman–Crippen LogP) is 9.85. The third kappa shape index (κ3) is 4.19. The lowest BCUT2D eigenvalue weighted by atomic mass is 9.34. The van der Waals surface area contributed by atoms with Crippen molar-refractivity contribution in [3.8, 4) is 56.4 Å². The van der Waals surface area contributed by atoms with Crippen molar-refractivity contribution in [2.45, 2.75) is 0 Å². The summed E-state index contributed by atoms with van der Waals surface area (Å²) < 4.78 is 9.67. The Morgan fingerprint density at radius 1 is 0.286 bits per heavy atom. The first-order valence-electron chi connectivity index (χ1n) is 24.3. The second kappa shape index (κ2) is 12.5. The zero-order valence-corrected chi connectivity index (χ0v) is 37.5. The Hall–Kier alpha value is -9.13. The summed E-state index contributed by atoms with van der Waals surface area (Å²) in [4.78, 5) is 0. The van der Waals surface area contributed by atoms with Crippen molar-refractivity contribution in [1.82, 2.24) is 28.7 Å². The lowest BCUT2D eigenvalue weighted by molar-refractivity contribution is 0.915. The molecule has 0 amide bonds. The second-order valence-corrected chi connectivity index (χ2v) is 19.7. The molecule has 0 fully saturated rings. The molecule has 0 aliphatic carbocycles. The molecule has 0 unspecified atom stereocenters.